The summed E-state index contributed by atoms with van der Waals surface area (Å²) < 4.78 is 4.81. The largest absolute Gasteiger partial charge is 0.347 e. The Morgan fingerprint density at radius 2 is 2.50 bits per heavy atom. The number of aryl methyl sites for hydroxylation is 1. The van der Waals surface area contributed by atoms with E-state index in [2.05, 4.69) is 20.8 Å². The molecule has 0 aliphatic carbocycles. The molecule has 1 saturated heterocycles. The molecule has 1 amide bonds. The lowest BCUT2D eigenvalue weighted by molar-refractivity contribution is -0.123. The maximum atomic E-state index is 11.7. The van der Waals surface area contributed by atoms with Gasteiger partial charge in [-0.15, -0.1) is 0 Å². The van der Waals surface area contributed by atoms with Crippen LogP contribution in [0.4, 0.5) is 0 Å². The van der Waals surface area contributed by atoms with Crippen LogP contribution in [0.2, 0.25) is 0 Å². The topological polar surface area (TPSA) is 80.0 Å². The molecule has 1 aromatic heterocycles. The predicted molar refractivity (Wildman–Crippen MR) is 56.5 cm³/mol. The molecule has 0 bridgehead atoms. The summed E-state index contributed by atoms with van der Waals surface area (Å²) in [4.78, 5) is 15.7. The van der Waals surface area contributed by atoms with Gasteiger partial charge in [-0.05, 0) is 19.4 Å². The smallest absolute Gasteiger partial charge is 0.237 e. The number of carbonyl (C=O) groups is 1. The molecule has 1 atom stereocenters. The lowest BCUT2D eigenvalue weighted by Crippen LogP contribution is -2.46. The van der Waals surface area contributed by atoms with Crippen LogP contribution >= 0.6 is 0 Å². The lowest BCUT2D eigenvalue weighted by atomic mass is 10.0. The van der Waals surface area contributed by atoms with Crippen LogP contribution in [0.3, 0.4) is 0 Å². The summed E-state index contributed by atoms with van der Waals surface area (Å²) in [6, 6.07) is -0.0678. The first kappa shape index (κ1) is 11.1. The van der Waals surface area contributed by atoms with Crippen molar-refractivity contribution in [3.05, 3.63) is 11.7 Å². The molecule has 1 aliphatic heterocycles. The fourth-order valence-corrected chi connectivity index (χ4v) is 1.78. The molecule has 0 aromatic carbocycles. The number of piperidine rings is 1. The van der Waals surface area contributed by atoms with Crippen molar-refractivity contribution in [1.82, 2.24) is 20.8 Å². The standard InChI is InChI=1S/C10H16N4O2/c1-7-13-9(14-16-7)6-12-10(15)8-4-2-3-5-11-8/h8,11H,2-6H2,1H3,(H,12,15)/t8-/m1/s1. The predicted octanol–water partition coefficient (Wildman–Crippen LogP) is 0.136. The van der Waals surface area contributed by atoms with Gasteiger partial charge in [0.05, 0.1) is 12.6 Å². The maximum Gasteiger partial charge on any atom is 0.237 e. The van der Waals surface area contributed by atoms with Crippen LogP contribution in [0.25, 0.3) is 0 Å². The number of hydrogen-bond acceptors (Lipinski definition) is 5. The Balaban J connectivity index is 1.78. The molecule has 2 rings (SSSR count). The summed E-state index contributed by atoms with van der Waals surface area (Å²) in [7, 11) is 0. The molecule has 1 aromatic rings. The Morgan fingerprint density at radius 3 is 3.12 bits per heavy atom. The number of rotatable bonds is 3. The van der Waals surface area contributed by atoms with Gasteiger partial charge in [-0.3, -0.25) is 4.79 Å². The number of aromatic nitrogens is 2. The average Bonchev–Trinajstić information content (AvgIpc) is 2.73. The van der Waals surface area contributed by atoms with Crippen molar-refractivity contribution < 1.29 is 9.32 Å². The minimum atomic E-state index is -0.0678. The average molecular weight is 224 g/mol. The molecule has 0 radical (unpaired) electrons. The zero-order valence-corrected chi connectivity index (χ0v) is 9.32. The number of amides is 1. The first-order chi connectivity index (χ1) is 7.75. The van der Waals surface area contributed by atoms with E-state index < -0.39 is 0 Å². The van der Waals surface area contributed by atoms with E-state index in [-0.39, 0.29) is 11.9 Å². The van der Waals surface area contributed by atoms with Crippen LogP contribution in [-0.4, -0.2) is 28.6 Å². The van der Waals surface area contributed by atoms with Crippen LogP contribution in [0.1, 0.15) is 31.0 Å². The molecule has 6 heteroatoms. The molecule has 6 nitrogen and oxygen atoms in total. The van der Waals surface area contributed by atoms with Crippen LogP contribution in [0, 0.1) is 6.92 Å². The molecular formula is C10H16N4O2. The molecule has 0 unspecified atom stereocenters. The van der Waals surface area contributed by atoms with E-state index in [1.165, 1.54) is 0 Å². The highest BCUT2D eigenvalue weighted by Gasteiger charge is 2.20. The fraction of sp³-hybridized carbons (Fsp3) is 0.700. The lowest BCUT2D eigenvalue weighted by Gasteiger charge is -2.22. The quantitative estimate of drug-likeness (QED) is 0.763. The van der Waals surface area contributed by atoms with Crippen LogP contribution in [-0.2, 0) is 11.3 Å². The van der Waals surface area contributed by atoms with E-state index in [9.17, 15) is 4.79 Å². The minimum Gasteiger partial charge on any atom is -0.347 e. The molecule has 16 heavy (non-hydrogen) atoms. The molecule has 2 heterocycles. The van der Waals surface area contributed by atoms with Crippen LogP contribution < -0.4 is 10.6 Å². The van der Waals surface area contributed by atoms with Gasteiger partial charge < -0.3 is 15.2 Å². The Labute approximate surface area is 93.8 Å². The van der Waals surface area contributed by atoms with Gasteiger partial charge in [0, 0.05) is 6.92 Å². The van der Waals surface area contributed by atoms with Crippen molar-refractivity contribution >= 4 is 5.91 Å². The molecule has 0 saturated carbocycles. The first-order valence-electron chi connectivity index (χ1n) is 5.56. The summed E-state index contributed by atoms with van der Waals surface area (Å²) >= 11 is 0. The van der Waals surface area contributed by atoms with Gasteiger partial charge in [0.25, 0.3) is 0 Å². The second kappa shape index (κ2) is 5.07. The van der Waals surface area contributed by atoms with Gasteiger partial charge in [-0.1, -0.05) is 11.6 Å². The highest BCUT2D eigenvalue weighted by Crippen LogP contribution is 2.06. The zero-order chi connectivity index (χ0) is 11.4. The summed E-state index contributed by atoms with van der Waals surface area (Å²) in [6.45, 7) is 2.97. The summed E-state index contributed by atoms with van der Waals surface area (Å²) in [6.07, 6.45) is 3.15. The third-order valence-corrected chi connectivity index (χ3v) is 2.62. The highest BCUT2D eigenvalue weighted by atomic mass is 16.5. The van der Waals surface area contributed by atoms with E-state index in [0.717, 1.165) is 25.8 Å². The first-order valence-corrected chi connectivity index (χ1v) is 5.56. The molecule has 1 fully saturated rings. The highest BCUT2D eigenvalue weighted by molar-refractivity contribution is 5.81. The summed E-state index contributed by atoms with van der Waals surface area (Å²) in [5.74, 6) is 1.05. The Morgan fingerprint density at radius 1 is 1.62 bits per heavy atom. The number of hydrogen-bond donors (Lipinski definition) is 2. The van der Waals surface area contributed by atoms with Gasteiger partial charge in [0.15, 0.2) is 5.82 Å². The van der Waals surface area contributed by atoms with Crippen molar-refractivity contribution in [3.63, 3.8) is 0 Å². The van der Waals surface area contributed by atoms with Crippen molar-refractivity contribution in [1.29, 1.82) is 0 Å². The summed E-state index contributed by atoms with van der Waals surface area (Å²) in [5, 5.41) is 9.69. The van der Waals surface area contributed by atoms with E-state index in [4.69, 9.17) is 4.52 Å². The molecule has 1 aliphatic rings. The number of carbonyl (C=O) groups excluding carboxylic acids is 1. The SMILES string of the molecule is Cc1nc(CNC(=O)[C@H]2CCCCN2)no1. The molecule has 88 valence electrons. The third kappa shape index (κ3) is 2.79. The number of nitrogens with one attached hydrogen (secondary N) is 2. The van der Waals surface area contributed by atoms with Gasteiger partial charge in [-0.2, -0.15) is 4.98 Å². The van der Waals surface area contributed by atoms with Crippen molar-refractivity contribution in [2.75, 3.05) is 6.54 Å². The van der Waals surface area contributed by atoms with Crippen molar-refractivity contribution in [2.45, 2.75) is 38.8 Å². The second-order valence-corrected chi connectivity index (χ2v) is 3.95. The van der Waals surface area contributed by atoms with E-state index in [1.807, 2.05) is 0 Å². The van der Waals surface area contributed by atoms with E-state index in [0.29, 0.717) is 18.3 Å². The van der Waals surface area contributed by atoms with Gasteiger partial charge in [0.1, 0.15) is 0 Å². The Kier molecular flexibility index (Phi) is 3.51. The van der Waals surface area contributed by atoms with Crippen molar-refractivity contribution in [3.8, 4) is 0 Å². The Bertz CT molecular complexity index is 357. The van der Waals surface area contributed by atoms with Crippen LogP contribution in [0.5, 0.6) is 0 Å². The second-order valence-electron chi connectivity index (χ2n) is 3.95. The van der Waals surface area contributed by atoms with Gasteiger partial charge in [0.2, 0.25) is 11.8 Å². The van der Waals surface area contributed by atoms with Crippen molar-refractivity contribution in [2.24, 2.45) is 0 Å². The zero-order valence-electron chi connectivity index (χ0n) is 9.32. The normalized spacial score (nSPS) is 20.7. The third-order valence-electron chi connectivity index (χ3n) is 2.62. The number of nitrogens with zero attached hydrogens (tertiary/aromatic N) is 2. The monoisotopic (exact) mass is 224 g/mol. The molecule has 0 spiro atoms. The van der Waals surface area contributed by atoms with Gasteiger partial charge in [-0.25, -0.2) is 0 Å². The molecular weight excluding hydrogens is 208 g/mol. The summed E-state index contributed by atoms with van der Waals surface area (Å²) in [5.41, 5.74) is 0. The van der Waals surface area contributed by atoms with Gasteiger partial charge >= 0.3 is 0 Å². The molecule has 2 N–H and O–H groups in total. The van der Waals surface area contributed by atoms with E-state index in [1.54, 1.807) is 6.92 Å². The maximum absolute atomic E-state index is 11.7. The van der Waals surface area contributed by atoms with E-state index >= 15 is 0 Å². The fourth-order valence-electron chi connectivity index (χ4n) is 1.78. The van der Waals surface area contributed by atoms with Crippen LogP contribution in [0.15, 0.2) is 4.52 Å². The Hall–Kier alpha value is -1.43. The minimum absolute atomic E-state index is 0.0159.